The average Bonchev–Trinajstić information content (AvgIpc) is 2.18. The summed E-state index contributed by atoms with van der Waals surface area (Å²) in [7, 11) is -3.79. The van der Waals surface area contributed by atoms with Crippen LogP contribution in [0.25, 0.3) is 0 Å². The van der Waals surface area contributed by atoms with Crippen molar-refractivity contribution in [3.05, 3.63) is 24.4 Å². The van der Waals surface area contributed by atoms with Crippen LogP contribution >= 0.6 is 0 Å². The number of amides is 1. The number of nitrogens with zero attached hydrogens (tertiary/aromatic N) is 1. The van der Waals surface area contributed by atoms with E-state index in [1.54, 1.807) is 19.1 Å². The first-order chi connectivity index (χ1) is 7.06. The molecular formula is C9H14N2O3S. The number of sulfonamides is 1. The number of carbonyl (C=O) groups is 1. The second-order valence-electron chi connectivity index (χ2n) is 2.95. The van der Waals surface area contributed by atoms with Gasteiger partial charge in [-0.3, -0.25) is 4.79 Å². The highest BCUT2D eigenvalue weighted by atomic mass is 32.2. The summed E-state index contributed by atoms with van der Waals surface area (Å²) in [6, 6.07) is 4.49. The van der Waals surface area contributed by atoms with Crippen molar-refractivity contribution in [1.29, 1.82) is 0 Å². The normalized spacial score (nSPS) is 11.0. The number of carbonyl (C=O) groups excluding carboxylic acids is 1. The minimum Gasteiger partial charge on any atom is -0.274 e. The molecule has 6 heteroatoms. The summed E-state index contributed by atoms with van der Waals surface area (Å²) < 4.78 is 25.0. The molecule has 0 atom stereocenters. The number of rotatable bonds is 4. The first kappa shape index (κ1) is 11.6. The molecule has 0 unspecified atom stereocenters. The fourth-order valence-corrected chi connectivity index (χ4v) is 1.95. The molecule has 0 radical (unpaired) electrons. The highest BCUT2D eigenvalue weighted by Gasteiger charge is 2.17. The Morgan fingerprint density at radius 1 is 1.53 bits per heavy atom. The summed E-state index contributed by atoms with van der Waals surface area (Å²) in [5, 5.41) is -0.144. The van der Waals surface area contributed by atoms with Gasteiger partial charge < -0.3 is 0 Å². The monoisotopic (exact) mass is 230 g/mol. The van der Waals surface area contributed by atoms with Crippen LogP contribution in [0.2, 0.25) is 0 Å². The van der Waals surface area contributed by atoms with Crippen molar-refractivity contribution in [2.45, 2.75) is 24.8 Å². The molecule has 0 aliphatic heterocycles. The highest BCUT2D eigenvalue weighted by Crippen LogP contribution is 2.03. The molecule has 1 amide bonds. The third kappa shape index (κ3) is 3.32. The van der Waals surface area contributed by atoms with Gasteiger partial charge in [-0.05, 0) is 18.6 Å². The molecule has 1 aromatic heterocycles. The van der Waals surface area contributed by atoms with E-state index >= 15 is 0 Å². The van der Waals surface area contributed by atoms with E-state index in [1.165, 1.54) is 12.3 Å². The Balaban J connectivity index is 0.00000225. The largest absolute Gasteiger partial charge is 0.281 e. The van der Waals surface area contributed by atoms with Gasteiger partial charge in [0.05, 0.1) is 0 Å². The lowest BCUT2D eigenvalue weighted by Crippen LogP contribution is -2.30. The van der Waals surface area contributed by atoms with Crippen LogP contribution in [0.3, 0.4) is 0 Å². The highest BCUT2D eigenvalue weighted by molar-refractivity contribution is 7.90. The minimum absolute atomic E-state index is 0. The summed E-state index contributed by atoms with van der Waals surface area (Å²) in [6.07, 6.45) is 2.15. The number of pyridine rings is 1. The molecule has 1 N–H and O–H groups in total. The van der Waals surface area contributed by atoms with Crippen LogP contribution in [0.1, 0.15) is 21.2 Å². The third-order valence-corrected chi connectivity index (χ3v) is 2.93. The minimum atomic E-state index is -3.79. The predicted octanol–water partition coefficient (Wildman–Crippen LogP) is 0.933. The Bertz CT molecular complexity index is 433. The van der Waals surface area contributed by atoms with Gasteiger partial charge in [0.2, 0.25) is 5.91 Å². The molecule has 5 nitrogen and oxygen atoms in total. The molecule has 84 valence electrons. The summed E-state index contributed by atoms with van der Waals surface area (Å²) >= 11 is 0. The Morgan fingerprint density at radius 3 is 2.80 bits per heavy atom. The SMILES string of the molecule is CCCC(=O)NS(=O)(=O)c1ccccn1.[HH]. The van der Waals surface area contributed by atoms with Gasteiger partial charge in [0.25, 0.3) is 10.0 Å². The average molecular weight is 230 g/mol. The van der Waals surface area contributed by atoms with Crippen LogP contribution in [-0.4, -0.2) is 19.3 Å². The fourth-order valence-electron chi connectivity index (χ4n) is 0.986. The fraction of sp³-hybridized carbons (Fsp3) is 0.333. The lowest BCUT2D eigenvalue weighted by Gasteiger charge is -2.04. The van der Waals surface area contributed by atoms with E-state index < -0.39 is 15.9 Å². The molecule has 0 spiro atoms. The van der Waals surface area contributed by atoms with Crippen molar-refractivity contribution >= 4 is 15.9 Å². The molecule has 15 heavy (non-hydrogen) atoms. The summed E-state index contributed by atoms with van der Waals surface area (Å²) in [5.74, 6) is -0.511. The summed E-state index contributed by atoms with van der Waals surface area (Å²) in [5.41, 5.74) is 0. The molecule has 0 saturated heterocycles. The molecule has 0 aliphatic carbocycles. The molecule has 1 heterocycles. The first-order valence-corrected chi connectivity index (χ1v) is 6.01. The van der Waals surface area contributed by atoms with Crippen LogP contribution in [0.15, 0.2) is 29.4 Å². The van der Waals surface area contributed by atoms with Gasteiger partial charge >= 0.3 is 0 Å². The quantitative estimate of drug-likeness (QED) is 0.835. The Morgan fingerprint density at radius 2 is 2.27 bits per heavy atom. The Hall–Kier alpha value is -1.43. The lowest BCUT2D eigenvalue weighted by molar-refractivity contribution is -0.119. The van der Waals surface area contributed by atoms with Crippen molar-refractivity contribution in [3.63, 3.8) is 0 Å². The van der Waals surface area contributed by atoms with Gasteiger partial charge in [-0.2, -0.15) is 8.42 Å². The maximum Gasteiger partial charge on any atom is 0.281 e. The van der Waals surface area contributed by atoms with E-state index in [1.807, 2.05) is 4.72 Å². The zero-order valence-electron chi connectivity index (χ0n) is 8.30. The van der Waals surface area contributed by atoms with Gasteiger partial charge in [-0.15, -0.1) is 0 Å². The van der Waals surface area contributed by atoms with E-state index in [9.17, 15) is 13.2 Å². The van der Waals surface area contributed by atoms with Crippen LogP contribution in [0.5, 0.6) is 0 Å². The third-order valence-electron chi connectivity index (χ3n) is 1.64. The maximum atomic E-state index is 11.5. The summed E-state index contributed by atoms with van der Waals surface area (Å²) in [6.45, 7) is 1.80. The first-order valence-electron chi connectivity index (χ1n) is 4.53. The lowest BCUT2D eigenvalue weighted by atomic mass is 10.3. The molecule has 1 aromatic rings. The van der Waals surface area contributed by atoms with E-state index in [0.29, 0.717) is 6.42 Å². The predicted molar refractivity (Wildman–Crippen MR) is 56.6 cm³/mol. The molecule has 0 aliphatic rings. The Kier molecular flexibility index (Phi) is 3.79. The van der Waals surface area contributed by atoms with Gasteiger partial charge in [0.15, 0.2) is 5.03 Å². The van der Waals surface area contributed by atoms with Crippen LogP contribution in [-0.2, 0) is 14.8 Å². The standard InChI is InChI=1S/C9H12N2O3S.H2/c1-2-5-8(12)11-15(13,14)9-6-3-4-7-10-9;/h3-4,6-7H,2,5H2,1H3,(H,11,12);1H. The zero-order chi connectivity index (χ0) is 11.3. The van der Waals surface area contributed by atoms with Crippen molar-refractivity contribution in [1.82, 2.24) is 9.71 Å². The van der Waals surface area contributed by atoms with Crippen molar-refractivity contribution < 1.29 is 14.6 Å². The van der Waals surface area contributed by atoms with Gasteiger partial charge in [-0.25, -0.2) is 9.71 Å². The molecular weight excluding hydrogens is 216 g/mol. The van der Waals surface area contributed by atoms with Gasteiger partial charge in [0.1, 0.15) is 0 Å². The molecule has 0 aromatic carbocycles. The molecule has 0 saturated carbocycles. The van der Waals surface area contributed by atoms with E-state index in [0.717, 1.165) is 0 Å². The number of hydrogen-bond donors (Lipinski definition) is 1. The van der Waals surface area contributed by atoms with E-state index in [-0.39, 0.29) is 12.9 Å². The number of nitrogens with one attached hydrogen (secondary N) is 1. The van der Waals surface area contributed by atoms with Crippen molar-refractivity contribution in [2.24, 2.45) is 0 Å². The van der Waals surface area contributed by atoms with Gasteiger partial charge in [-0.1, -0.05) is 13.0 Å². The molecule has 0 bridgehead atoms. The second-order valence-corrected chi connectivity index (χ2v) is 4.58. The maximum absolute atomic E-state index is 11.5. The number of hydrogen-bond acceptors (Lipinski definition) is 4. The van der Waals surface area contributed by atoms with Crippen molar-refractivity contribution in [3.8, 4) is 0 Å². The van der Waals surface area contributed by atoms with E-state index in [2.05, 4.69) is 4.98 Å². The van der Waals surface area contributed by atoms with E-state index in [4.69, 9.17) is 0 Å². The van der Waals surface area contributed by atoms with Crippen LogP contribution in [0.4, 0.5) is 0 Å². The smallest absolute Gasteiger partial charge is 0.274 e. The number of aromatic nitrogens is 1. The van der Waals surface area contributed by atoms with Crippen LogP contribution < -0.4 is 4.72 Å². The second kappa shape index (κ2) is 4.88. The molecule has 1 rings (SSSR count). The Labute approximate surface area is 90.1 Å². The summed E-state index contributed by atoms with van der Waals surface area (Å²) in [4.78, 5) is 14.8. The molecule has 0 fully saturated rings. The van der Waals surface area contributed by atoms with Crippen molar-refractivity contribution in [2.75, 3.05) is 0 Å². The topological polar surface area (TPSA) is 76.1 Å². The van der Waals surface area contributed by atoms with Crippen LogP contribution in [0, 0.1) is 0 Å². The van der Waals surface area contributed by atoms with Gasteiger partial charge in [0, 0.05) is 14.0 Å². The zero-order valence-corrected chi connectivity index (χ0v) is 9.12.